The van der Waals surface area contributed by atoms with Gasteiger partial charge >= 0.3 is 5.97 Å². The molecule has 1 amide bonds. The topological polar surface area (TPSA) is 75.6 Å². The molecule has 0 aromatic heterocycles. The van der Waals surface area contributed by atoms with Crippen LogP contribution in [0.1, 0.15) is 20.3 Å². The van der Waals surface area contributed by atoms with Crippen LogP contribution >= 0.6 is 0 Å². The molecule has 5 heteroatoms. The van der Waals surface area contributed by atoms with Crippen molar-refractivity contribution in [2.24, 2.45) is 0 Å². The van der Waals surface area contributed by atoms with Crippen molar-refractivity contribution in [3.05, 3.63) is 24.9 Å². The molecule has 0 aliphatic heterocycles. The van der Waals surface area contributed by atoms with Gasteiger partial charge in [0, 0.05) is 25.5 Å². The van der Waals surface area contributed by atoms with Gasteiger partial charge in [-0.3, -0.25) is 4.79 Å². The van der Waals surface area contributed by atoms with E-state index < -0.39 is 5.97 Å². The van der Waals surface area contributed by atoms with Crippen LogP contribution in [0, 0.1) is 0 Å². The quantitative estimate of drug-likeness (QED) is 0.414. The van der Waals surface area contributed by atoms with Crippen molar-refractivity contribution in [2.75, 3.05) is 13.2 Å². The van der Waals surface area contributed by atoms with E-state index in [1.54, 1.807) is 6.92 Å². The number of ether oxygens (including phenoxy) is 1. The Morgan fingerprint density at radius 2 is 2.00 bits per heavy atom. The smallest absolute Gasteiger partial charge is 0.333 e. The molecule has 0 fully saturated rings. The monoisotopic (exact) mass is 229 g/mol. The second-order valence-electron chi connectivity index (χ2n) is 2.90. The molecule has 0 radical (unpaired) electrons. The molecule has 0 heterocycles. The maximum absolute atomic E-state index is 10.6. The summed E-state index contributed by atoms with van der Waals surface area (Å²) in [6.07, 6.45) is 1.83. The molecule has 92 valence electrons. The summed E-state index contributed by atoms with van der Waals surface area (Å²) in [6, 6.07) is 0. The van der Waals surface area contributed by atoms with Gasteiger partial charge in [0.05, 0.1) is 6.61 Å². The van der Waals surface area contributed by atoms with Gasteiger partial charge in [-0.05, 0) is 13.1 Å². The van der Waals surface area contributed by atoms with Gasteiger partial charge < -0.3 is 15.2 Å². The van der Waals surface area contributed by atoms with E-state index in [0.29, 0.717) is 12.0 Å². The van der Waals surface area contributed by atoms with Crippen molar-refractivity contribution >= 4 is 11.9 Å². The van der Waals surface area contributed by atoms with Crippen molar-refractivity contribution in [1.29, 1.82) is 0 Å². The highest BCUT2D eigenvalue weighted by atomic mass is 16.5. The summed E-state index contributed by atoms with van der Waals surface area (Å²) >= 11 is 0. The minimum absolute atomic E-state index is 0.0451. The van der Waals surface area contributed by atoms with Gasteiger partial charge in [-0.15, -0.1) is 0 Å². The van der Waals surface area contributed by atoms with Gasteiger partial charge in [0.2, 0.25) is 5.91 Å². The highest BCUT2D eigenvalue weighted by Gasteiger charge is 2.00. The number of hydrogen-bond acceptors (Lipinski definition) is 4. The highest BCUT2D eigenvalue weighted by Crippen LogP contribution is 1.92. The number of nitrogens with one attached hydrogen (secondary N) is 1. The number of hydrogen-bond donors (Lipinski definition) is 2. The molecule has 0 unspecified atom stereocenters. The molecule has 0 atom stereocenters. The summed E-state index contributed by atoms with van der Waals surface area (Å²) in [4.78, 5) is 20.5. The molecule has 0 aliphatic carbocycles. The second-order valence-corrected chi connectivity index (χ2v) is 2.90. The lowest BCUT2D eigenvalue weighted by Gasteiger charge is -2.00. The highest BCUT2D eigenvalue weighted by molar-refractivity contribution is 5.86. The van der Waals surface area contributed by atoms with Gasteiger partial charge in [-0.2, -0.15) is 0 Å². The van der Waals surface area contributed by atoms with Crippen LogP contribution in [0.25, 0.3) is 0 Å². The van der Waals surface area contributed by atoms with E-state index in [9.17, 15) is 9.59 Å². The Morgan fingerprint density at radius 3 is 2.25 bits per heavy atom. The number of carbonyl (C=O) groups excluding carboxylic acids is 2. The first-order valence-electron chi connectivity index (χ1n) is 4.77. The average molecular weight is 229 g/mol. The third kappa shape index (κ3) is 14.9. The standard InChI is InChI=1S/C7H12O3.C4H7NO/c1-6(2)7(9)10-5-3-4-8;1-3-5-4(2)6/h8H,1,3-5H2,2H3;3H,1H2,2H3,(H,5,6). The zero-order valence-corrected chi connectivity index (χ0v) is 9.78. The van der Waals surface area contributed by atoms with E-state index in [0.717, 1.165) is 0 Å². The van der Waals surface area contributed by atoms with Crippen LogP contribution in [0.5, 0.6) is 0 Å². The predicted molar refractivity (Wildman–Crippen MR) is 61.5 cm³/mol. The van der Waals surface area contributed by atoms with Crippen LogP contribution in [0.15, 0.2) is 24.9 Å². The SMILES string of the molecule is C=C(C)C(=O)OCCCO.C=CNC(C)=O. The van der Waals surface area contributed by atoms with Crippen molar-refractivity contribution in [3.8, 4) is 0 Å². The third-order valence-corrected chi connectivity index (χ3v) is 1.19. The minimum atomic E-state index is -0.395. The molecule has 16 heavy (non-hydrogen) atoms. The van der Waals surface area contributed by atoms with E-state index in [1.165, 1.54) is 13.1 Å². The fourth-order valence-electron chi connectivity index (χ4n) is 0.496. The molecule has 0 saturated carbocycles. The van der Waals surface area contributed by atoms with Gasteiger partial charge in [-0.25, -0.2) is 4.79 Å². The summed E-state index contributed by atoms with van der Waals surface area (Å²) in [5.41, 5.74) is 0.387. The van der Waals surface area contributed by atoms with E-state index in [4.69, 9.17) is 5.11 Å². The molecule has 0 spiro atoms. The average Bonchev–Trinajstić information content (AvgIpc) is 2.18. The zero-order chi connectivity index (χ0) is 13.0. The van der Waals surface area contributed by atoms with Crippen LogP contribution in [0.4, 0.5) is 0 Å². The molecule has 0 aliphatic rings. The minimum Gasteiger partial charge on any atom is -0.462 e. The van der Waals surface area contributed by atoms with Crippen molar-refractivity contribution < 1.29 is 19.4 Å². The first-order valence-corrected chi connectivity index (χ1v) is 4.77. The Labute approximate surface area is 95.8 Å². The summed E-state index contributed by atoms with van der Waals surface area (Å²) in [5.74, 6) is -0.474. The van der Waals surface area contributed by atoms with Crippen LogP contribution in [0.3, 0.4) is 0 Å². The number of aliphatic hydroxyl groups excluding tert-OH is 1. The molecular weight excluding hydrogens is 210 g/mol. The lowest BCUT2D eigenvalue weighted by atomic mass is 10.4. The number of rotatable bonds is 5. The Morgan fingerprint density at radius 1 is 1.44 bits per heavy atom. The maximum Gasteiger partial charge on any atom is 0.333 e. The zero-order valence-electron chi connectivity index (χ0n) is 9.78. The number of carbonyl (C=O) groups is 2. The molecule has 0 saturated heterocycles. The first kappa shape index (κ1) is 16.8. The maximum atomic E-state index is 10.6. The molecule has 0 rings (SSSR count). The Hall–Kier alpha value is -1.62. The molecule has 0 aromatic carbocycles. The molecule has 5 nitrogen and oxygen atoms in total. The van der Waals surface area contributed by atoms with Crippen LogP contribution in [-0.2, 0) is 14.3 Å². The van der Waals surface area contributed by atoms with Crippen LogP contribution in [-0.4, -0.2) is 30.2 Å². The Balaban J connectivity index is 0. The lowest BCUT2D eigenvalue weighted by Crippen LogP contribution is -2.10. The molecular formula is C11H19NO4. The molecule has 2 N–H and O–H groups in total. The summed E-state index contributed by atoms with van der Waals surface area (Å²) < 4.78 is 4.65. The summed E-state index contributed by atoms with van der Waals surface area (Å²) in [6.45, 7) is 9.99. The summed E-state index contributed by atoms with van der Waals surface area (Å²) in [5, 5.41) is 10.6. The fourth-order valence-corrected chi connectivity index (χ4v) is 0.496. The van der Waals surface area contributed by atoms with Crippen molar-refractivity contribution in [1.82, 2.24) is 5.32 Å². The predicted octanol–water partition coefficient (Wildman–Crippen LogP) is 0.754. The number of esters is 1. The normalized spacial score (nSPS) is 8.19. The van der Waals surface area contributed by atoms with Gasteiger partial charge in [0.1, 0.15) is 0 Å². The second kappa shape index (κ2) is 11.5. The van der Waals surface area contributed by atoms with E-state index >= 15 is 0 Å². The lowest BCUT2D eigenvalue weighted by molar-refractivity contribution is -0.139. The number of amides is 1. The van der Waals surface area contributed by atoms with Gasteiger partial charge in [0.25, 0.3) is 0 Å². The molecule has 0 bridgehead atoms. The van der Waals surface area contributed by atoms with Crippen LogP contribution < -0.4 is 5.32 Å². The number of aliphatic hydroxyl groups is 1. The van der Waals surface area contributed by atoms with E-state index in [2.05, 4.69) is 23.2 Å². The van der Waals surface area contributed by atoms with Crippen LogP contribution in [0.2, 0.25) is 0 Å². The third-order valence-electron chi connectivity index (χ3n) is 1.19. The van der Waals surface area contributed by atoms with Crippen molar-refractivity contribution in [3.63, 3.8) is 0 Å². The van der Waals surface area contributed by atoms with E-state index in [1.807, 2.05) is 0 Å². The van der Waals surface area contributed by atoms with Gasteiger partial charge in [0.15, 0.2) is 0 Å². The Bertz CT molecular complexity index is 248. The fraction of sp³-hybridized carbons (Fsp3) is 0.455. The Kier molecular flexibility index (Phi) is 12.0. The molecule has 0 aromatic rings. The van der Waals surface area contributed by atoms with E-state index in [-0.39, 0.29) is 19.1 Å². The largest absolute Gasteiger partial charge is 0.462 e. The van der Waals surface area contributed by atoms with Crippen molar-refractivity contribution in [2.45, 2.75) is 20.3 Å². The first-order chi connectivity index (χ1) is 7.45. The summed E-state index contributed by atoms with van der Waals surface area (Å²) in [7, 11) is 0. The van der Waals surface area contributed by atoms with Gasteiger partial charge in [-0.1, -0.05) is 13.2 Å².